The van der Waals surface area contributed by atoms with E-state index in [0.29, 0.717) is 36.9 Å². The topological polar surface area (TPSA) is 84.3 Å². The summed E-state index contributed by atoms with van der Waals surface area (Å²) < 4.78 is 29.1. The average molecular weight is 453 g/mol. The van der Waals surface area contributed by atoms with Crippen molar-refractivity contribution in [3.63, 3.8) is 0 Å². The highest BCUT2D eigenvalue weighted by atomic mass is 32.2. The summed E-state index contributed by atoms with van der Waals surface area (Å²) in [6.07, 6.45) is 5.75. The van der Waals surface area contributed by atoms with Crippen LogP contribution >= 0.6 is 11.8 Å². The van der Waals surface area contributed by atoms with E-state index in [1.165, 1.54) is 35.3 Å². The number of nitrogens with zero attached hydrogens (tertiary/aromatic N) is 3. The largest absolute Gasteiger partial charge is 0.353 e. The van der Waals surface area contributed by atoms with E-state index in [9.17, 15) is 13.2 Å². The Morgan fingerprint density at radius 2 is 1.90 bits per heavy atom. The van der Waals surface area contributed by atoms with Crippen LogP contribution in [0.15, 0.2) is 28.3 Å². The van der Waals surface area contributed by atoms with E-state index in [1.807, 2.05) is 31.4 Å². The number of benzene rings is 1. The zero-order valence-electron chi connectivity index (χ0n) is 18.1. The predicted molar refractivity (Wildman–Crippen MR) is 121 cm³/mol. The molecule has 1 aliphatic carbocycles. The molecule has 0 spiro atoms. The van der Waals surface area contributed by atoms with Gasteiger partial charge in [0.05, 0.1) is 21.7 Å². The minimum atomic E-state index is -3.53. The summed E-state index contributed by atoms with van der Waals surface area (Å²) in [5, 5.41) is 3.87. The molecule has 30 heavy (non-hydrogen) atoms. The second-order valence-electron chi connectivity index (χ2n) is 7.57. The normalized spacial score (nSPS) is 15.7. The van der Waals surface area contributed by atoms with Crippen LogP contribution in [0.3, 0.4) is 0 Å². The van der Waals surface area contributed by atoms with Gasteiger partial charge in [-0.3, -0.25) is 4.79 Å². The zero-order chi connectivity index (χ0) is 21.7. The van der Waals surface area contributed by atoms with Gasteiger partial charge in [-0.1, -0.05) is 44.9 Å². The number of carbonyl (C=O) groups excluding carboxylic acids is 1. The van der Waals surface area contributed by atoms with Crippen LogP contribution in [0.25, 0.3) is 11.0 Å². The molecule has 0 atom stereocenters. The van der Waals surface area contributed by atoms with Crippen molar-refractivity contribution in [2.45, 2.75) is 75.5 Å². The summed E-state index contributed by atoms with van der Waals surface area (Å²) >= 11 is 1.40. The molecule has 9 heteroatoms. The fraction of sp³-hybridized carbons (Fsp3) is 0.619. The molecular weight excluding hydrogens is 420 g/mol. The number of hydrogen-bond acceptors (Lipinski definition) is 5. The highest BCUT2D eigenvalue weighted by Gasteiger charge is 2.23. The Morgan fingerprint density at radius 1 is 1.20 bits per heavy atom. The second-order valence-corrected chi connectivity index (χ2v) is 10.5. The number of rotatable bonds is 9. The molecule has 3 rings (SSSR count). The number of thioether (sulfide) groups is 1. The number of imidazole rings is 1. The summed E-state index contributed by atoms with van der Waals surface area (Å²) in [5.74, 6) is 0.344. The lowest BCUT2D eigenvalue weighted by molar-refractivity contribution is -0.119. The van der Waals surface area contributed by atoms with Gasteiger partial charge in [0, 0.05) is 25.7 Å². The Kier molecular flexibility index (Phi) is 7.81. The Morgan fingerprint density at radius 3 is 2.53 bits per heavy atom. The van der Waals surface area contributed by atoms with E-state index in [2.05, 4.69) is 10.3 Å². The molecule has 1 heterocycles. The van der Waals surface area contributed by atoms with Crippen LogP contribution < -0.4 is 5.32 Å². The van der Waals surface area contributed by atoms with E-state index in [0.717, 1.165) is 23.5 Å². The van der Waals surface area contributed by atoms with Crippen molar-refractivity contribution in [1.29, 1.82) is 0 Å². The minimum Gasteiger partial charge on any atom is -0.353 e. The third-order valence-corrected chi connectivity index (χ3v) is 8.67. The van der Waals surface area contributed by atoms with E-state index in [1.54, 1.807) is 12.1 Å². The molecule has 1 aromatic carbocycles. The standard InChI is InChI=1S/C21H32N4O3S2/c1-4-24(5-2)30(27,28)17-12-13-19-18(14-17)23-21(25(19)6-3)29-15-20(26)22-16-10-8-7-9-11-16/h12-14,16H,4-11,15H2,1-3H3,(H,22,26). The Balaban J connectivity index is 1.77. The van der Waals surface area contributed by atoms with Crippen LogP contribution in [0.1, 0.15) is 52.9 Å². The number of nitrogens with one attached hydrogen (secondary N) is 1. The summed E-state index contributed by atoms with van der Waals surface area (Å²) in [6.45, 7) is 7.24. The molecule has 166 valence electrons. The van der Waals surface area contributed by atoms with E-state index >= 15 is 0 Å². The summed E-state index contributed by atoms with van der Waals surface area (Å²) in [6, 6.07) is 5.40. The number of amides is 1. The molecule has 1 N–H and O–H groups in total. The number of carbonyl (C=O) groups is 1. The monoisotopic (exact) mass is 452 g/mol. The van der Waals surface area contributed by atoms with Gasteiger partial charge in [-0.25, -0.2) is 13.4 Å². The van der Waals surface area contributed by atoms with E-state index in [-0.39, 0.29) is 10.8 Å². The quantitative estimate of drug-likeness (QED) is 0.588. The molecule has 1 aromatic heterocycles. The van der Waals surface area contributed by atoms with Gasteiger partial charge < -0.3 is 9.88 Å². The highest BCUT2D eigenvalue weighted by molar-refractivity contribution is 7.99. The molecule has 0 bridgehead atoms. The van der Waals surface area contributed by atoms with Crippen molar-refractivity contribution in [2.75, 3.05) is 18.8 Å². The molecule has 0 radical (unpaired) electrons. The van der Waals surface area contributed by atoms with Gasteiger partial charge >= 0.3 is 0 Å². The zero-order valence-corrected chi connectivity index (χ0v) is 19.7. The SMILES string of the molecule is CCN(CC)S(=O)(=O)c1ccc2c(c1)nc(SCC(=O)NC1CCCCC1)n2CC. The molecule has 0 unspecified atom stereocenters. The lowest BCUT2D eigenvalue weighted by Crippen LogP contribution is -2.37. The fourth-order valence-electron chi connectivity index (χ4n) is 4.02. The fourth-order valence-corrected chi connectivity index (χ4v) is 6.39. The molecule has 0 saturated heterocycles. The highest BCUT2D eigenvalue weighted by Crippen LogP contribution is 2.27. The van der Waals surface area contributed by atoms with Gasteiger partial charge in [-0.05, 0) is 38.0 Å². The lowest BCUT2D eigenvalue weighted by Gasteiger charge is -2.22. The number of fused-ring (bicyclic) bond motifs is 1. The Bertz CT molecular complexity index is 978. The Hall–Kier alpha value is -1.58. The van der Waals surface area contributed by atoms with Gasteiger partial charge in [0.25, 0.3) is 0 Å². The predicted octanol–water partition coefficient (Wildman–Crippen LogP) is 3.63. The molecule has 1 saturated carbocycles. The summed E-state index contributed by atoms with van der Waals surface area (Å²) in [5.41, 5.74) is 1.52. The molecule has 2 aromatic rings. The summed E-state index contributed by atoms with van der Waals surface area (Å²) in [7, 11) is -3.53. The van der Waals surface area contributed by atoms with Crippen molar-refractivity contribution in [1.82, 2.24) is 19.2 Å². The van der Waals surface area contributed by atoms with Gasteiger partial charge in [-0.15, -0.1) is 0 Å². The van der Waals surface area contributed by atoms with Crippen LogP contribution in [0.5, 0.6) is 0 Å². The van der Waals surface area contributed by atoms with E-state index < -0.39 is 10.0 Å². The maximum Gasteiger partial charge on any atom is 0.243 e. The van der Waals surface area contributed by atoms with Crippen molar-refractivity contribution in [3.05, 3.63) is 18.2 Å². The third kappa shape index (κ3) is 5.00. The molecule has 1 amide bonds. The Labute approximate surface area is 183 Å². The molecule has 1 aliphatic rings. The van der Waals surface area contributed by atoms with Crippen LogP contribution in [0, 0.1) is 0 Å². The maximum atomic E-state index is 12.8. The number of aryl methyl sites for hydroxylation is 1. The van der Waals surface area contributed by atoms with Crippen molar-refractivity contribution in [2.24, 2.45) is 0 Å². The van der Waals surface area contributed by atoms with Crippen LogP contribution in [-0.4, -0.2) is 53.1 Å². The molecule has 0 aliphatic heterocycles. The first-order valence-electron chi connectivity index (χ1n) is 10.8. The van der Waals surface area contributed by atoms with Gasteiger partial charge in [0.2, 0.25) is 15.9 Å². The summed E-state index contributed by atoms with van der Waals surface area (Å²) in [4.78, 5) is 17.3. The minimum absolute atomic E-state index is 0.0337. The first kappa shape index (κ1) is 23.1. The van der Waals surface area contributed by atoms with Gasteiger partial charge in [0.15, 0.2) is 5.16 Å². The average Bonchev–Trinajstić information content (AvgIpc) is 3.10. The van der Waals surface area contributed by atoms with Gasteiger partial charge in [0.1, 0.15) is 0 Å². The molecule has 7 nitrogen and oxygen atoms in total. The first-order valence-corrected chi connectivity index (χ1v) is 13.3. The van der Waals surface area contributed by atoms with Crippen molar-refractivity contribution < 1.29 is 13.2 Å². The van der Waals surface area contributed by atoms with Crippen molar-refractivity contribution in [3.8, 4) is 0 Å². The van der Waals surface area contributed by atoms with Crippen LogP contribution in [-0.2, 0) is 21.4 Å². The van der Waals surface area contributed by atoms with Crippen LogP contribution in [0.4, 0.5) is 0 Å². The lowest BCUT2D eigenvalue weighted by atomic mass is 9.95. The maximum absolute atomic E-state index is 12.8. The third-order valence-electron chi connectivity index (χ3n) is 5.65. The second kappa shape index (κ2) is 10.2. The van der Waals surface area contributed by atoms with Gasteiger partial charge in [-0.2, -0.15) is 4.31 Å². The number of hydrogen-bond donors (Lipinski definition) is 1. The number of aromatic nitrogens is 2. The number of sulfonamides is 1. The van der Waals surface area contributed by atoms with Crippen LogP contribution in [0.2, 0.25) is 0 Å². The first-order chi connectivity index (χ1) is 14.4. The van der Waals surface area contributed by atoms with Crippen molar-refractivity contribution >= 4 is 38.7 Å². The smallest absolute Gasteiger partial charge is 0.243 e. The van der Waals surface area contributed by atoms with E-state index in [4.69, 9.17) is 0 Å². The molecule has 1 fully saturated rings. The molecular formula is C21H32N4O3S2.